The molecule has 0 aliphatic rings. The molecular weight excluding hydrogens is 334 g/mol. The maximum Gasteiger partial charge on any atom is 0.269 e. The predicted octanol–water partition coefficient (Wildman–Crippen LogP) is 2.40. The molecule has 2 rings (SSSR count). The van der Waals surface area contributed by atoms with E-state index < -0.39 is 0 Å². The monoisotopic (exact) mass is 353 g/mol. The van der Waals surface area contributed by atoms with Gasteiger partial charge in [-0.2, -0.15) is 10.2 Å². The Kier molecular flexibility index (Phi) is 4.82. The summed E-state index contributed by atoms with van der Waals surface area (Å²) in [6.07, 6.45) is 1.68. The molecule has 0 bridgehead atoms. The van der Waals surface area contributed by atoms with Crippen LogP contribution in [-0.2, 0) is 13.1 Å². The Morgan fingerprint density at radius 1 is 1.38 bits per heavy atom. The number of aromatic nitrogens is 4. The van der Waals surface area contributed by atoms with Crippen LogP contribution in [0.5, 0.6) is 0 Å². The SMILES string of the molecule is CCn1nc(C)c(Br)c1Cn1ncc(NC(C)C)cc1=O. The van der Waals surface area contributed by atoms with Gasteiger partial charge in [0.1, 0.15) is 0 Å². The maximum atomic E-state index is 12.2. The lowest BCUT2D eigenvalue weighted by Crippen LogP contribution is -2.25. The summed E-state index contributed by atoms with van der Waals surface area (Å²) >= 11 is 3.53. The van der Waals surface area contributed by atoms with Crippen LogP contribution in [0.2, 0.25) is 0 Å². The molecule has 0 radical (unpaired) electrons. The van der Waals surface area contributed by atoms with Gasteiger partial charge in [0.25, 0.3) is 5.56 Å². The fourth-order valence-electron chi connectivity index (χ4n) is 2.13. The Hall–Kier alpha value is -1.63. The molecule has 6 nitrogen and oxygen atoms in total. The third kappa shape index (κ3) is 3.53. The van der Waals surface area contributed by atoms with Gasteiger partial charge in [-0.3, -0.25) is 9.48 Å². The molecule has 0 fully saturated rings. The molecule has 2 heterocycles. The van der Waals surface area contributed by atoms with Crippen molar-refractivity contribution in [2.75, 3.05) is 5.32 Å². The Morgan fingerprint density at radius 3 is 2.67 bits per heavy atom. The van der Waals surface area contributed by atoms with Gasteiger partial charge in [0, 0.05) is 18.7 Å². The molecular formula is C14H20BrN5O. The first kappa shape index (κ1) is 15.8. The van der Waals surface area contributed by atoms with Crippen molar-refractivity contribution in [1.29, 1.82) is 0 Å². The summed E-state index contributed by atoms with van der Waals surface area (Å²) < 4.78 is 4.26. The summed E-state index contributed by atoms with van der Waals surface area (Å²) in [5.74, 6) is 0. The van der Waals surface area contributed by atoms with Gasteiger partial charge in [-0.1, -0.05) is 0 Å². The average Bonchev–Trinajstić information content (AvgIpc) is 2.68. The standard InChI is InChI=1S/C14H20BrN5O/c1-5-19-12(14(15)10(4)18-19)8-20-13(21)6-11(7-16-20)17-9(2)3/h6-7,9,17H,5,8H2,1-4H3. The molecule has 1 N–H and O–H groups in total. The minimum Gasteiger partial charge on any atom is -0.381 e. The lowest BCUT2D eigenvalue weighted by molar-refractivity contribution is 0.558. The van der Waals surface area contributed by atoms with Gasteiger partial charge < -0.3 is 5.32 Å². The van der Waals surface area contributed by atoms with Gasteiger partial charge in [0.2, 0.25) is 0 Å². The van der Waals surface area contributed by atoms with E-state index in [9.17, 15) is 4.79 Å². The second-order valence-corrected chi connectivity index (χ2v) is 5.99. The molecule has 2 aromatic rings. The van der Waals surface area contributed by atoms with Crippen molar-refractivity contribution >= 4 is 21.6 Å². The molecule has 2 aromatic heterocycles. The number of halogens is 1. The second kappa shape index (κ2) is 6.43. The van der Waals surface area contributed by atoms with Crippen LogP contribution in [0.1, 0.15) is 32.2 Å². The number of hydrogen-bond donors (Lipinski definition) is 1. The number of nitrogens with one attached hydrogen (secondary N) is 1. The zero-order valence-electron chi connectivity index (χ0n) is 12.7. The Labute approximate surface area is 132 Å². The van der Waals surface area contributed by atoms with E-state index in [1.807, 2.05) is 32.4 Å². The van der Waals surface area contributed by atoms with Gasteiger partial charge in [0.05, 0.1) is 34.3 Å². The minimum atomic E-state index is -0.131. The topological polar surface area (TPSA) is 64.7 Å². The summed E-state index contributed by atoms with van der Waals surface area (Å²) in [4.78, 5) is 12.2. The Morgan fingerprint density at radius 2 is 2.10 bits per heavy atom. The highest BCUT2D eigenvalue weighted by Gasteiger charge is 2.13. The molecule has 0 amide bonds. The molecule has 21 heavy (non-hydrogen) atoms. The summed E-state index contributed by atoms with van der Waals surface area (Å²) in [5.41, 5.74) is 2.48. The van der Waals surface area contributed by atoms with Crippen LogP contribution in [0.15, 0.2) is 21.5 Å². The highest BCUT2D eigenvalue weighted by atomic mass is 79.9. The van der Waals surface area contributed by atoms with Crippen LogP contribution in [0, 0.1) is 6.92 Å². The number of anilines is 1. The summed E-state index contributed by atoms with van der Waals surface area (Å²) in [6.45, 7) is 9.15. The van der Waals surface area contributed by atoms with E-state index in [-0.39, 0.29) is 11.6 Å². The van der Waals surface area contributed by atoms with Crippen LogP contribution in [0.3, 0.4) is 0 Å². The van der Waals surface area contributed by atoms with Gasteiger partial charge in [-0.25, -0.2) is 4.68 Å². The maximum absolute atomic E-state index is 12.2. The van der Waals surface area contributed by atoms with Crippen molar-refractivity contribution in [2.24, 2.45) is 0 Å². The summed E-state index contributed by atoms with van der Waals surface area (Å²) in [5, 5.41) is 11.8. The highest BCUT2D eigenvalue weighted by Crippen LogP contribution is 2.21. The predicted molar refractivity (Wildman–Crippen MR) is 86.7 cm³/mol. The third-order valence-electron chi connectivity index (χ3n) is 3.08. The van der Waals surface area contributed by atoms with E-state index in [2.05, 4.69) is 31.4 Å². The number of rotatable bonds is 5. The molecule has 7 heteroatoms. The highest BCUT2D eigenvalue weighted by molar-refractivity contribution is 9.10. The average molecular weight is 354 g/mol. The molecule has 0 atom stereocenters. The van der Waals surface area contributed by atoms with Crippen LogP contribution >= 0.6 is 15.9 Å². The smallest absolute Gasteiger partial charge is 0.269 e. The van der Waals surface area contributed by atoms with Gasteiger partial charge >= 0.3 is 0 Å². The van der Waals surface area contributed by atoms with Crippen LogP contribution < -0.4 is 10.9 Å². The number of nitrogens with zero attached hydrogens (tertiary/aromatic N) is 4. The summed E-state index contributed by atoms with van der Waals surface area (Å²) in [7, 11) is 0. The van der Waals surface area contributed by atoms with E-state index in [4.69, 9.17) is 0 Å². The van der Waals surface area contributed by atoms with Gasteiger partial charge in [-0.05, 0) is 43.6 Å². The Bertz CT molecular complexity index is 689. The molecule has 0 saturated heterocycles. The van der Waals surface area contributed by atoms with Crippen LogP contribution in [-0.4, -0.2) is 25.6 Å². The van der Waals surface area contributed by atoms with Crippen molar-refractivity contribution in [3.05, 3.63) is 38.5 Å². The van der Waals surface area contributed by atoms with Crippen molar-refractivity contribution in [1.82, 2.24) is 19.6 Å². The minimum absolute atomic E-state index is 0.131. The number of hydrogen-bond acceptors (Lipinski definition) is 4. The zero-order chi connectivity index (χ0) is 15.6. The fraction of sp³-hybridized carbons (Fsp3) is 0.500. The normalized spacial score (nSPS) is 11.1. The largest absolute Gasteiger partial charge is 0.381 e. The molecule has 0 aliphatic carbocycles. The molecule has 0 aliphatic heterocycles. The fourth-order valence-corrected chi connectivity index (χ4v) is 2.54. The molecule has 114 valence electrons. The lowest BCUT2D eigenvalue weighted by atomic mass is 10.3. The van der Waals surface area contributed by atoms with E-state index in [1.165, 1.54) is 4.68 Å². The van der Waals surface area contributed by atoms with E-state index in [0.717, 1.165) is 28.1 Å². The molecule has 0 saturated carbocycles. The third-order valence-corrected chi connectivity index (χ3v) is 4.11. The molecule has 0 spiro atoms. The lowest BCUT2D eigenvalue weighted by Gasteiger charge is -2.11. The van der Waals surface area contributed by atoms with Crippen LogP contribution in [0.4, 0.5) is 5.69 Å². The van der Waals surface area contributed by atoms with Gasteiger partial charge in [-0.15, -0.1) is 0 Å². The van der Waals surface area contributed by atoms with Crippen molar-refractivity contribution in [2.45, 2.75) is 46.8 Å². The second-order valence-electron chi connectivity index (χ2n) is 5.20. The first-order valence-electron chi connectivity index (χ1n) is 6.97. The molecule has 0 aromatic carbocycles. The summed E-state index contributed by atoms with van der Waals surface area (Å²) in [6, 6.07) is 1.83. The zero-order valence-corrected chi connectivity index (χ0v) is 14.3. The first-order chi connectivity index (χ1) is 9.92. The number of aryl methyl sites for hydroxylation is 2. The quantitative estimate of drug-likeness (QED) is 0.896. The Balaban J connectivity index is 2.30. The van der Waals surface area contributed by atoms with Gasteiger partial charge in [0.15, 0.2) is 0 Å². The first-order valence-corrected chi connectivity index (χ1v) is 7.77. The van der Waals surface area contributed by atoms with Crippen molar-refractivity contribution in [3.63, 3.8) is 0 Å². The van der Waals surface area contributed by atoms with Crippen molar-refractivity contribution in [3.8, 4) is 0 Å². The van der Waals surface area contributed by atoms with E-state index >= 15 is 0 Å². The van der Waals surface area contributed by atoms with E-state index in [0.29, 0.717) is 6.54 Å². The molecule has 0 unspecified atom stereocenters. The van der Waals surface area contributed by atoms with E-state index in [1.54, 1.807) is 12.3 Å². The van der Waals surface area contributed by atoms with Crippen LogP contribution in [0.25, 0.3) is 0 Å². The van der Waals surface area contributed by atoms with Crippen molar-refractivity contribution < 1.29 is 0 Å².